The number of hydrogen-bond donors (Lipinski definition) is 1. The molecule has 7 nitrogen and oxygen atoms in total. The third kappa shape index (κ3) is 5.70. The van der Waals surface area contributed by atoms with Crippen molar-refractivity contribution in [2.45, 2.75) is 30.3 Å². The number of benzene rings is 2. The average molecular weight is 425 g/mol. The van der Waals surface area contributed by atoms with Crippen molar-refractivity contribution in [3.8, 4) is 22.8 Å². The summed E-state index contributed by atoms with van der Waals surface area (Å²) in [7, 11) is 3.25. The quantitative estimate of drug-likeness (QED) is 0.524. The van der Waals surface area contributed by atoms with Crippen molar-refractivity contribution in [2.24, 2.45) is 0 Å². The van der Waals surface area contributed by atoms with E-state index in [4.69, 9.17) is 9.47 Å². The smallest absolute Gasteiger partial charge is 0.233 e. The van der Waals surface area contributed by atoms with Gasteiger partial charge in [0.25, 0.3) is 0 Å². The summed E-state index contributed by atoms with van der Waals surface area (Å²) in [5.41, 5.74) is 2.57. The number of thioether (sulfide) groups is 1. The first-order valence-electron chi connectivity index (χ1n) is 9.54. The van der Waals surface area contributed by atoms with E-state index in [2.05, 4.69) is 20.5 Å². The fourth-order valence-corrected chi connectivity index (χ4v) is 3.52. The maximum Gasteiger partial charge on any atom is 0.233 e. The molecule has 0 aliphatic rings. The summed E-state index contributed by atoms with van der Waals surface area (Å²) in [6.45, 7) is 2.42. The second-order valence-electron chi connectivity index (χ2n) is 6.44. The van der Waals surface area contributed by atoms with Gasteiger partial charge < -0.3 is 14.8 Å². The van der Waals surface area contributed by atoms with Crippen LogP contribution in [0.15, 0.2) is 59.9 Å². The van der Waals surface area contributed by atoms with Gasteiger partial charge >= 0.3 is 0 Å². The molecule has 1 atom stereocenters. The highest BCUT2D eigenvalue weighted by Gasteiger charge is 2.19. The van der Waals surface area contributed by atoms with Crippen molar-refractivity contribution in [1.82, 2.24) is 20.5 Å². The van der Waals surface area contributed by atoms with Crippen molar-refractivity contribution in [2.75, 3.05) is 14.2 Å². The van der Waals surface area contributed by atoms with Crippen LogP contribution in [0.25, 0.3) is 11.3 Å². The molecule has 0 spiro atoms. The van der Waals surface area contributed by atoms with Crippen LogP contribution < -0.4 is 14.8 Å². The minimum atomic E-state index is -0.295. The van der Waals surface area contributed by atoms with Crippen LogP contribution in [-0.2, 0) is 11.3 Å². The third-order valence-corrected chi connectivity index (χ3v) is 5.69. The minimum absolute atomic E-state index is 0.0545. The molecular formula is C22H24N4O3S. The second-order valence-corrected chi connectivity index (χ2v) is 7.61. The molecule has 156 valence electrons. The Hall–Kier alpha value is -3.13. The van der Waals surface area contributed by atoms with E-state index in [0.717, 1.165) is 22.6 Å². The largest absolute Gasteiger partial charge is 0.497 e. The molecule has 1 N–H and O–H groups in total. The number of nitrogens with one attached hydrogen (secondary N) is 1. The number of methoxy groups -OCH3 is 2. The van der Waals surface area contributed by atoms with Gasteiger partial charge in [0.05, 0.1) is 25.7 Å². The zero-order chi connectivity index (χ0) is 21.3. The number of carbonyl (C=O) groups is 1. The molecule has 30 heavy (non-hydrogen) atoms. The Balaban J connectivity index is 1.57. The molecule has 0 saturated heterocycles. The molecule has 1 amide bonds. The summed E-state index contributed by atoms with van der Waals surface area (Å²) in [5, 5.41) is 11.6. The summed E-state index contributed by atoms with van der Waals surface area (Å²) in [4.78, 5) is 16.9. The van der Waals surface area contributed by atoms with Gasteiger partial charge in [0.15, 0.2) is 0 Å². The van der Waals surface area contributed by atoms with Gasteiger partial charge in [-0.1, -0.05) is 30.8 Å². The van der Waals surface area contributed by atoms with Gasteiger partial charge in [-0.25, -0.2) is 4.98 Å². The molecular weight excluding hydrogens is 400 g/mol. The summed E-state index contributed by atoms with van der Waals surface area (Å²) in [6.07, 6.45) is 2.32. The number of hydrogen-bond acceptors (Lipinski definition) is 7. The highest BCUT2D eigenvalue weighted by Crippen LogP contribution is 2.24. The Bertz CT molecular complexity index is 948. The molecule has 0 bridgehead atoms. The zero-order valence-corrected chi connectivity index (χ0v) is 18.0. The molecule has 0 fully saturated rings. The van der Waals surface area contributed by atoms with E-state index in [1.165, 1.54) is 11.8 Å². The highest BCUT2D eigenvalue weighted by atomic mass is 32.2. The molecule has 1 aromatic heterocycles. The van der Waals surface area contributed by atoms with Crippen LogP contribution in [0.4, 0.5) is 0 Å². The lowest BCUT2D eigenvalue weighted by Crippen LogP contribution is -2.32. The van der Waals surface area contributed by atoms with Gasteiger partial charge in [-0.05, 0) is 48.4 Å². The van der Waals surface area contributed by atoms with Gasteiger partial charge in [-0.2, -0.15) is 0 Å². The van der Waals surface area contributed by atoms with Crippen molar-refractivity contribution >= 4 is 17.7 Å². The Morgan fingerprint density at radius 3 is 2.17 bits per heavy atom. The normalized spacial score (nSPS) is 11.6. The van der Waals surface area contributed by atoms with Crippen LogP contribution >= 0.6 is 11.8 Å². The van der Waals surface area contributed by atoms with Crippen LogP contribution in [0.5, 0.6) is 11.5 Å². The number of carbonyl (C=O) groups excluding carboxylic acids is 1. The average Bonchev–Trinajstić information content (AvgIpc) is 2.81. The minimum Gasteiger partial charge on any atom is -0.497 e. The van der Waals surface area contributed by atoms with Gasteiger partial charge in [-0.3, -0.25) is 4.79 Å². The fourth-order valence-electron chi connectivity index (χ4n) is 2.71. The molecule has 0 aliphatic heterocycles. The van der Waals surface area contributed by atoms with Gasteiger partial charge in [-0.15, -0.1) is 10.2 Å². The van der Waals surface area contributed by atoms with Crippen molar-refractivity contribution < 1.29 is 14.3 Å². The van der Waals surface area contributed by atoms with E-state index in [1.807, 2.05) is 55.5 Å². The number of aromatic nitrogens is 3. The SMILES string of the molecule is CCC(Sc1ncc(-c2ccc(OC)cc2)nn1)C(=O)NCc1ccc(OC)cc1. The molecule has 3 aromatic rings. The monoisotopic (exact) mass is 424 g/mol. The standard InChI is InChI=1S/C22H24N4O3S/c1-4-20(21(27)23-13-15-5-9-17(28-2)10-6-15)30-22-24-14-19(25-26-22)16-7-11-18(29-3)12-8-16/h5-12,14,20H,4,13H2,1-3H3,(H,23,27). The van der Waals surface area contributed by atoms with E-state index in [-0.39, 0.29) is 11.2 Å². The van der Waals surface area contributed by atoms with E-state index in [9.17, 15) is 4.79 Å². The Kier molecular flexibility index (Phi) is 7.62. The number of ether oxygens (including phenoxy) is 2. The second kappa shape index (κ2) is 10.6. The van der Waals surface area contributed by atoms with Crippen LogP contribution in [-0.4, -0.2) is 40.6 Å². The topological polar surface area (TPSA) is 86.2 Å². The van der Waals surface area contributed by atoms with Crippen molar-refractivity contribution in [3.63, 3.8) is 0 Å². The molecule has 2 aromatic carbocycles. The van der Waals surface area contributed by atoms with Crippen LogP contribution in [0.1, 0.15) is 18.9 Å². The molecule has 0 aliphatic carbocycles. The Morgan fingerprint density at radius 2 is 1.63 bits per heavy atom. The van der Waals surface area contributed by atoms with Crippen LogP contribution in [0, 0.1) is 0 Å². The summed E-state index contributed by atoms with van der Waals surface area (Å²) >= 11 is 1.31. The van der Waals surface area contributed by atoms with E-state index >= 15 is 0 Å². The predicted molar refractivity (Wildman–Crippen MR) is 117 cm³/mol. The first-order valence-corrected chi connectivity index (χ1v) is 10.4. The maximum atomic E-state index is 12.6. The Morgan fingerprint density at radius 1 is 1.00 bits per heavy atom. The lowest BCUT2D eigenvalue weighted by atomic mass is 10.2. The lowest BCUT2D eigenvalue weighted by molar-refractivity contribution is -0.120. The molecule has 0 radical (unpaired) electrons. The zero-order valence-electron chi connectivity index (χ0n) is 17.2. The van der Waals surface area contributed by atoms with Crippen LogP contribution in [0.3, 0.4) is 0 Å². The van der Waals surface area contributed by atoms with Gasteiger partial charge in [0, 0.05) is 12.1 Å². The number of nitrogens with zero attached hydrogens (tertiary/aromatic N) is 3. The first kappa shape index (κ1) is 21.6. The first-order chi connectivity index (χ1) is 14.6. The van der Waals surface area contributed by atoms with Crippen LogP contribution in [0.2, 0.25) is 0 Å². The predicted octanol–water partition coefficient (Wildman–Crippen LogP) is 3.74. The number of rotatable bonds is 9. The molecule has 1 heterocycles. The third-order valence-electron chi connectivity index (χ3n) is 4.46. The van der Waals surface area contributed by atoms with E-state index in [0.29, 0.717) is 23.8 Å². The van der Waals surface area contributed by atoms with Crippen molar-refractivity contribution in [1.29, 1.82) is 0 Å². The Labute approximate surface area is 180 Å². The summed E-state index contributed by atoms with van der Waals surface area (Å²) in [6, 6.07) is 15.1. The summed E-state index contributed by atoms with van der Waals surface area (Å²) in [5.74, 6) is 1.51. The van der Waals surface area contributed by atoms with Gasteiger partial charge in [0.1, 0.15) is 17.2 Å². The maximum absolute atomic E-state index is 12.6. The van der Waals surface area contributed by atoms with Crippen molar-refractivity contribution in [3.05, 3.63) is 60.3 Å². The van der Waals surface area contributed by atoms with E-state index < -0.39 is 0 Å². The molecule has 8 heteroatoms. The molecule has 1 unspecified atom stereocenters. The van der Waals surface area contributed by atoms with E-state index in [1.54, 1.807) is 20.4 Å². The fraction of sp³-hybridized carbons (Fsp3) is 0.273. The summed E-state index contributed by atoms with van der Waals surface area (Å²) < 4.78 is 10.3. The highest BCUT2D eigenvalue weighted by molar-refractivity contribution is 8.00. The number of amides is 1. The van der Waals surface area contributed by atoms with Gasteiger partial charge in [0.2, 0.25) is 11.1 Å². The molecule has 3 rings (SSSR count). The lowest BCUT2D eigenvalue weighted by Gasteiger charge is -2.14. The molecule has 0 saturated carbocycles.